The lowest BCUT2D eigenvalue weighted by atomic mass is 10.1. The van der Waals surface area contributed by atoms with Gasteiger partial charge in [-0.25, -0.2) is 4.98 Å². The highest BCUT2D eigenvalue weighted by atomic mass is 14.9. The Bertz CT molecular complexity index is 431. The van der Waals surface area contributed by atoms with Gasteiger partial charge in [0.25, 0.3) is 0 Å². The quantitative estimate of drug-likeness (QED) is 0.771. The van der Waals surface area contributed by atoms with Gasteiger partial charge in [-0.3, -0.25) is 0 Å². The summed E-state index contributed by atoms with van der Waals surface area (Å²) in [5.41, 5.74) is 8.96. The molecule has 1 aromatic carbocycles. The molecule has 0 radical (unpaired) electrons. The van der Waals surface area contributed by atoms with Gasteiger partial charge >= 0.3 is 0 Å². The minimum Gasteiger partial charge on any atom is -0.342 e. The highest BCUT2D eigenvalue weighted by Gasteiger charge is 2.01. The highest BCUT2D eigenvalue weighted by molar-refractivity contribution is 5.75. The summed E-state index contributed by atoms with van der Waals surface area (Å²) in [5.74, 6) is 0.982. The second-order valence-corrected chi connectivity index (χ2v) is 3.43. The number of nitrogens with one attached hydrogen (secondary N) is 1. The predicted octanol–water partition coefficient (Wildman–Crippen LogP) is 1.63. The van der Waals surface area contributed by atoms with Crippen LogP contribution in [-0.2, 0) is 12.8 Å². The third-order valence-corrected chi connectivity index (χ3v) is 2.38. The number of aromatic nitrogens is 2. The van der Waals surface area contributed by atoms with Gasteiger partial charge in [0.15, 0.2) is 0 Å². The van der Waals surface area contributed by atoms with Crippen molar-refractivity contribution in [3.63, 3.8) is 0 Å². The largest absolute Gasteiger partial charge is 0.342 e. The standard InChI is InChI=1S/C11H15N3/c1-2-8-3-4-9-10(7-8)14-11(13-9)5-6-12/h3-4,7H,2,5-6,12H2,1H3,(H,13,14). The van der Waals surface area contributed by atoms with Crippen molar-refractivity contribution in [3.8, 4) is 0 Å². The summed E-state index contributed by atoms with van der Waals surface area (Å²) < 4.78 is 0. The molecule has 0 aliphatic heterocycles. The molecule has 2 aromatic rings. The van der Waals surface area contributed by atoms with Gasteiger partial charge in [-0.1, -0.05) is 13.0 Å². The minimum absolute atomic E-state index is 0.639. The minimum atomic E-state index is 0.639. The molecular weight excluding hydrogens is 174 g/mol. The summed E-state index contributed by atoms with van der Waals surface area (Å²) in [6.45, 7) is 2.79. The molecule has 1 heterocycles. The normalized spacial score (nSPS) is 11.0. The van der Waals surface area contributed by atoms with E-state index in [2.05, 4.69) is 35.1 Å². The fourth-order valence-electron chi connectivity index (χ4n) is 1.58. The number of aromatic amines is 1. The van der Waals surface area contributed by atoms with Crippen molar-refractivity contribution in [2.75, 3.05) is 6.54 Å². The number of hydrogen-bond acceptors (Lipinski definition) is 2. The Morgan fingerprint density at radius 1 is 1.43 bits per heavy atom. The van der Waals surface area contributed by atoms with Crippen LogP contribution < -0.4 is 5.73 Å². The number of aryl methyl sites for hydroxylation is 1. The Morgan fingerprint density at radius 3 is 3.00 bits per heavy atom. The number of fused-ring (bicyclic) bond motifs is 1. The average molecular weight is 189 g/mol. The second kappa shape index (κ2) is 3.80. The van der Waals surface area contributed by atoms with Gasteiger partial charge in [-0.05, 0) is 30.7 Å². The van der Waals surface area contributed by atoms with Crippen molar-refractivity contribution in [2.45, 2.75) is 19.8 Å². The fourth-order valence-corrected chi connectivity index (χ4v) is 1.58. The molecule has 74 valence electrons. The first-order valence-electron chi connectivity index (χ1n) is 5.01. The summed E-state index contributed by atoms with van der Waals surface area (Å²) in [6, 6.07) is 6.34. The first-order valence-corrected chi connectivity index (χ1v) is 5.01. The molecule has 0 bridgehead atoms. The maximum absolute atomic E-state index is 5.48. The molecule has 0 saturated heterocycles. The van der Waals surface area contributed by atoms with Crippen molar-refractivity contribution >= 4 is 11.0 Å². The Kier molecular flexibility index (Phi) is 2.50. The Hall–Kier alpha value is -1.35. The van der Waals surface area contributed by atoms with Gasteiger partial charge in [0.05, 0.1) is 11.0 Å². The second-order valence-electron chi connectivity index (χ2n) is 3.43. The van der Waals surface area contributed by atoms with Crippen molar-refractivity contribution in [1.29, 1.82) is 0 Å². The number of H-pyrrole nitrogens is 1. The van der Waals surface area contributed by atoms with Gasteiger partial charge in [-0.15, -0.1) is 0 Å². The molecule has 0 unspecified atom stereocenters. The molecular formula is C11H15N3. The molecule has 0 spiro atoms. The molecule has 3 heteroatoms. The summed E-state index contributed by atoms with van der Waals surface area (Å²) in [6.07, 6.45) is 1.87. The number of nitrogens with zero attached hydrogens (tertiary/aromatic N) is 1. The van der Waals surface area contributed by atoms with Crippen LogP contribution in [0.3, 0.4) is 0 Å². The monoisotopic (exact) mass is 189 g/mol. The van der Waals surface area contributed by atoms with E-state index in [1.54, 1.807) is 0 Å². The van der Waals surface area contributed by atoms with Gasteiger partial charge in [0, 0.05) is 6.42 Å². The van der Waals surface area contributed by atoms with E-state index in [9.17, 15) is 0 Å². The Balaban J connectivity index is 2.43. The first kappa shape index (κ1) is 9.21. The highest BCUT2D eigenvalue weighted by Crippen LogP contribution is 2.14. The van der Waals surface area contributed by atoms with E-state index in [1.807, 2.05) is 0 Å². The SMILES string of the molecule is CCc1ccc2nc(CCN)[nH]c2c1. The van der Waals surface area contributed by atoms with Crippen LogP contribution in [0.2, 0.25) is 0 Å². The van der Waals surface area contributed by atoms with Crippen LogP contribution in [0.25, 0.3) is 11.0 Å². The first-order chi connectivity index (χ1) is 6.83. The molecule has 0 fully saturated rings. The molecule has 1 aromatic heterocycles. The molecule has 0 atom stereocenters. The number of nitrogens with two attached hydrogens (primary N) is 1. The number of imidazole rings is 1. The fraction of sp³-hybridized carbons (Fsp3) is 0.364. The van der Waals surface area contributed by atoms with Crippen LogP contribution in [0.5, 0.6) is 0 Å². The smallest absolute Gasteiger partial charge is 0.108 e. The van der Waals surface area contributed by atoms with Gasteiger partial charge in [0.1, 0.15) is 5.82 Å². The van der Waals surface area contributed by atoms with Crippen LogP contribution in [0, 0.1) is 0 Å². The molecule has 0 aliphatic carbocycles. The molecule has 3 N–H and O–H groups in total. The van der Waals surface area contributed by atoms with E-state index in [-0.39, 0.29) is 0 Å². The topological polar surface area (TPSA) is 54.7 Å². The maximum atomic E-state index is 5.48. The lowest BCUT2D eigenvalue weighted by Crippen LogP contribution is -2.03. The molecule has 14 heavy (non-hydrogen) atoms. The average Bonchev–Trinajstić information content (AvgIpc) is 2.59. The molecule has 0 saturated carbocycles. The van der Waals surface area contributed by atoms with Crippen LogP contribution in [-0.4, -0.2) is 16.5 Å². The van der Waals surface area contributed by atoms with Gasteiger partial charge in [-0.2, -0.15) is 0 Å². The molecule has 0 amide bonds. The zero-order chi connectivity index (χ0) is 9.97. The van der Waals surface area contributed by atoms with E-state index in [4.69, 9.17) is 5.73 Å². The summed E-state index contributed by atoms with van der Waals surface area (Å²) in [4.78, 5) is 7.72. The van der Waals surface area contributed by atoms with E-state index in [0.717, 1.165) is 29.7 Å². The van der Waals surface area contributed by atoms with Crippen LogP contribution in [0.4, 0.5) is 0 Å². The molecule has 3 nitrogen and oxygen atoms in total. The van der Waals surface area contributed by atoms with Crippen LogP contribution in [0.15, 0.2) is 18.2 Å². The lowest BCUT2D eigenvalue weighted by Gasteiger charge is -1.93. The van der Waals surface area contributed by atoms with E-state index in [1.165, 1.54) is 5.56 Å². The van der Waals surface area contributed by atoms with Gasteiger partial charge < -0.3 is 10.7 Å². The third kappa shape index (κ3) is 1.63. The van der Waals surface area contributed by atoms with E-state index >= 15 is 0 Å². The number of rotatable bonds is 3. The third-order valence-electron chi connectivity index (χ3n) is 2.38. The lowest BCUT2D eigenvalue weighted by molar-refractivity contribution is 0.900. The van der Waals surface area contributed by atoms with E-state index < -0.39 is 0 Å². The van der Waals surface area contributed by atoms with E-state index in [0.29, 0.717) is 6.54 Å². The summed E-state index contributed by atoms with van der Waals surface area (Å²) >= 11 is 0. The van der Waals surface area contributed by atoms with Crippen LogP contribution in [0.1, 0.15) is 18.3 Å². The summed E-state index contributed by atoms with van der Waals surface area (Å²) in [7, 11) is 0. The van der Waals surface area contributed by atoms with Crippen molar-refractivity contribution in [3.05, 3.63) is 29.6 Å². The van der Waals surface area contributed by atoms with Crippen molar-refractivity contribution in [1.82, 2.24) is 9.97 Å². The Labute approximate surface area is 83.3 Å². The Morgan fingerprint density at radius 2 is 2.29 bits per heavy atom. The molecule has 2 rings (SSSR count). The van der Waals surface area contributed by atoms with Crippen LogP contribution >= 0.6 is 0 Å². The predicted molar refractivity (Wildman–Crippen MR) is 58.2 cm³/mol. The maximum Gasteiger partial charge on any atom is 0.108 e. The van der Waals surface area contributed by atoms with Crippen molar-refractivity contribution in [2.24, 2.45) is 5.73 Å². The number of hydrogen-bond donors (Lipinski definition) is 2. The van der Waals surface area contributed by atoms with Crippen molar-refractivity contribution < 1.29 is 0 Å². The zero-order valence-electron chi connectivity index (χ0n) is 8.38. The van der Waals surface area contributed by atoms with Gasteiger partial charge in [0.2, 0.25) is 0 Å². The summed E-state index contributed by atoms with van der Waals surface area (Å²) in [5, 5.41) is 0. The number of benzene rings is 1. The molecule has 0 aliphatic rings. The zero-order valence-corrected chi connectivity index (χ0v) is 8.38.